The first kappa shape index (κ1) is 15.1. The molecule has 0 aliphatic rings. The molecule has 2 rings (SSSR count). The van der Waals surface area contributed by atoms with Crippen LogP contribution < -0.4 is 5.32 Å². The fraction of sp³-hybridized carbons (Fsp3) is 0.375. The number of amides is 1. The fourth-order valence-corrected chi connectivity index (χ4v) is 2.30. The van der Waals surface area contributed by atoms with Gasteiger partial charge < -0.3 is 15.0 Å². The third-order valence-electron chi connectivity index (χ3n) is 3.46. The Balaban J connectivity index is 2.09. The van der Waals surface area contributed by atoms with Gasteiger partial charge in [0.1, 0.15) is 6.04 Å². The predicted molar refractivity (Wildman–Crippen MR) is 80.8 cm³/mol. The minimum Gasteiger partial charge on any atom is -0.467 e. The molecule has 1 heterocycles. The Bertz CT molecular complexity index is 646. The monoisotopic (exact) mass is 288 g/mol. The zero-order valence-electron chi connectivity index (χ0n) is 12.5. The Morgan fingerprint density at radius 3 is 2.67 bits per heavy atom. The summed E-state index contributed by atoms with van der Waals surface area (Å²) in [5.74, 6) is -0.634. The first-order chi connectivity index (χ1) is 10.0. The number of para-hydroxylation sites is 1. The Morgan fingerprint density at radius 2 is 2.00 bits per heavy atom. The molecule has 0 spiro atoms. The molecule has 0 bridgehead atoms. The van der Waals surface area contributed by atoms with Crippen LogP contribution in [-0.2, 0) is 20.7 Å². The van der Waals surface area contributed by atoms with Crippen molar-refractivity contribution < 1.29 is 14.3 Å². The molecule has 0 fully saturated rings. The number of methoxy groups -OCH3 is 1. The van der Waals surface area contributed by atoms with E-state index in [1.54, 1.807) is 0 Å². The molecule has 0 aliphatic heterocycles. The summed E-state index contributed by atoms with van der Waals surface area (Å²) in [5, 5.41) is 3.76. The highest BCUT2D eigenvalue weighted by molar-refractivity contribution is 5.90. The summed E-state index contributed by atoms with van der Waals surface area (Å²) in [6, 6.07) is 7.18. The van der Waals surface area contributed by atoms with Crippen LogP contribution in [0.2, 0.25) is 0 Å². The number of carbonyl (C=O) groups excluding carboxylic acids is 2. The average Bonchev–Trinajstić information content (AvgIpc) is 2.87. The number of esters is 1. The van der Waals surface area contributed by atoms with E-state index in [1.165, 1.54) is 7.11 Å². The second kappa shape index (κ2) is 6.43. The van der Waals surface area contributed by atoms with Crippen molar-refractivity contribution in [1.82, 2.24) is 10.3 Å². The third-order valence-corrected chi connectivity index (χ3v) is 3.46. The lowest BCUT2D eigenvalue weighted by molar-refractivity contribution is -0.146. The molecule has 2 N–H and O–H groups in total. The van der Waals surface area contributed by atoms with Gasteiger partial charge in [0.15, 0.2) is 0 Å². The standard InChI is InChI=1S/C16H20N2O3/c1-10(2)15(16(20)21-3)18-14(19)8-11-9-17-13-7-5-4-6-12(11)13/h4-7,9-10,15,17H,8H2,1-3H3,(H,18,19). The van der Waals surface area contributed by atoms with E-state index in [9.17, 15) is 9.59 Å². The van der Waals surface area contributed by atoms with E-state index in [0.29, 0.717) is 0 Å². The molecule has 0 aliphatic carbocycles. The van der Waals surface area contributed by atoms with Gasteiger partial charge in [-0.15, -0.1) is 0 Å². The molecule has 1 amide bonds. The van der Waals surface area contributed by atoms with Crippen molar-refractivity contribution in [3.05, 3.63) is 36.0 Å². The Morgan fingerprint density at radius 1 is 1.29 bits per heavy atom. The molecule has 1 aromatic carbocycles. The number of fused-ring (bicyclic) bond motifs is 1. The Labute approximate surface area is 123 Å². The highest BCUT2D eigenvalue weighted by Gasteiger charge is 2.25. The van der Waals surface area contributed by atoms with Crippen LogP contribution in [0.5, 0.6) is 0 Å². The van der Waals surface area contributed by atoms with Gasteiger partial charge in [-0.3, -0.25) is 4.79 Å². The molecule has 1 unspecified atom stereocenters. The maximum Gasteiger partial charge on any atom is 0.328 e. The second-order valence-electron chi connectivity index (χ2n) is 5.35. The smallest absolute Gasteiger partial charge is 0.328 e. The van der Waals surface area contributed by atoms with Gasteiger partial charge in [-0.25, -0.2) is 4.79 Å². The second-order valence-corrected chi connectivity index (χ2v) is 5.35. The largest absolute Gasteiger partial charge is 0.467 e. The van der Waals surface area contributed by atoms with E-state index in [4.69, 9.17) is 4.74 Å². The molecular weight excluding hydrogens is 268 g/mol. The maximum absolute atomic E-state index is 12.2. The van der Waals surface area contributed by atoms with Crippen LogP contribution in [-0.4, -0.2) is 30.0 Å². The molecule has 0 radical (unpaired) electrons. The van der Waals surface area contributed by atoms with Crippen molar-refractivity contribution in [3.63, 3.8) is 0 Å². The van der Waals surface area contributed by atoms with Crippen LogP contribution in [0.15, 0.2) is 30.5 Å². The van der Waals surface area contributed by atoms with Crippen molar-refractivity contribution in [2.45, 2.75) is 26.3 Å². The van der Waals surface area contributed by atoms with E-state index in [-0.39, 0.29) is 18.2 Å². The lowest BCUT2D eigenvalue weighted by atomic mass is 10.0. The minimum absolute atomic E-state index is 0.0237. The van der Waals surface area contributed by atoms with Crippen LogP contribution in [0.25, 0.3) is 10.9 Å². The van der Waals surface area contributed by atoms with Crippen molar-refractivity contribution >= 4 is 22.8 Å². The van der Waals surface area contributed by atoms with E-state index >= 15 is 0 Å². The van der Waals surface area contributed by atoms with Crippen molar-refractivity contribution in [2.75, 3.05) is 7.11 Å². The zero-order chi connectivity index (χ0) is 15.4. The Kier molecular flexibility index (Phi) is 4.62. The first-order valence-electron chi connectivity index (χ1n) is 6.95. The zero-order valence-corrected chi connectivity index (χ0v) is 12.5. The summed E-state index contributed by atoms with van der Waals surface area (Å²) in [7, 11) is 1.32. The molecule has 112 valence electrons. The van der Waals surface area contributed by atoms with E-state index in [0.717, 1.165) is 16.5 Å². The van der Waals surface area contributed by atoms with Gasteiger partial charge in [0.05, 0.1) is 13.5 Å². The molecule has 0 saturated heterocycles. The molecule has 1 aromatic heterocycles. The average molecular weight is 288 g/mol. The minimum atomic E-state index is -0.618. The van der Waals surface area contributed by atoms with Gasteiger partial charge >= 0.3 is 5.97 Å². The number of aromatic amines is 1. The van der Waals surface area contributed by atoms with Crippen LogP contribution >= 0.6 is 0 Å². The summed E-state index contributed by atoms with van der Waals surface area (Å²) in [4.78, 5) is 26.9. The number of nitrogens with one attached hydrogen (secondary N) is 2. The molecular formula is C16H20N2O3. The number of aromatic nitrogens is 1. The van der Waals surface area contributed by atoms with Crippen molar-refractivity contribution in [2.24, 2.45) is 5.92 Å². The summed E-state index contributed by atoms with van der Waals surface area (Å²) >= 11 is 0. The fourth-order valence-electron chi connectivity index (χ4n) is 2.30. The van der Waals surface area contributed by atoms with E-state index < -0.39 is 12.0 Å². The highest BCUT2D eigenvalue weighted by atomic mass is 16.5. The van der Waals surface area contributed by atoms with E-state index in [2.05, 4.69) is 10.3 Å². The van der Waals surface area contributed by atoms with Crippen LogP contribution in [0.4, 0.5) is 0 Å². The van der Waals surface area contributed by atoms with Crippen molar-refractivity contribution in [3.8, 4) is 0 Å². The lowest BCUT2D eigenvalue weighted by Crippen LogP contribution is -2.45. The normalized spacial score (nSPS) is 12.4. The molecule has 0 saturated carbocycles. The summed E-state index contributed by atoms with van der Waals surface area (Å²) in [6.45, 7) is 3.74. The quantitative estimate of drug-likeness (QED) is 0.827. The number of H-pyrrole nitrogens is 1. The number of rotatable bonds is 5. The molecule has 2 aromatic rings. The summed E-state index contributed by atoms with van der Waals surface area (Å²) in [5.41, 5.74) is 1.91. The highest BCUT2D eigenvalue weighted by Crippen LogP contribution is 2.18. The SMILES string of the molecule is COC(=O)C(NC(=O)Cc1c[nH]c2ccccc12)C(C)C. The topological polar surface area (TPSA) is 71.2 Å². The number of benzene rings is 1. The summed E-state index contributed by atoms with van der Waals surface area (Å²) in [6.07, 6.45) is 2.05. The number of carbonyl (C=O) groups is 2. The van der Waals surface area contributed by atoms with Gasteiger partial charge in [0.25, 0.3) is 0 Å². The van der Waals surface area contributed by atoms with E-state index in [1.807, 2.05) is 44.3 Å². The van der Waals surface area contributed by atoms with Gasteiger partial charge in [0, 0.05) is 17.1 Å². The van der Waals surface area contributed by atoms with Gasteiger partial charge in [-0.05, 0) is 17.5 Å². The van der Waals surface area contributed by atoms with Crippen LogP contribution in [0.1, 0.15) is 19.4 Å². The molecule has 5 nitrogen and oxygen atoms in total. The van der Waals surface area contributed by atoms with Gasteiger partial charge in [0.2, 0.25) is 5.91 Å². The van der Waals surface area contributed by atoms with Crippen molar-refractivity contribution in [1.29, 1.82) is 0 Å². The summed E-state index contributed by atoms with van der Waals surface area (Å²) < 4.78 is 4.72. The number of hydrogen-bond donors (Lipinski definition) is 2. The maximum atomic E-state index is 12.2. The lowest BCUT2D eigenvalue weighted by Gasteiger charge is -2.19. The third kappa shape index (κ3) is 3.42. The van der Waals surface area contributed by atoms with Gasteiger partial charge in [-0.2, -0.15) is 0 Å². The molecule has 5 heteroatoms. The molecule has 21 heavy (non-hydrogen) atoms. The number of ether oxygens (including phenoxy) is 1. The van der Waals surface area contributed by atoms with Crippen LogP contribution in [0, 0.1) is 5.92 Å². The van der Waals surface area contributed by atoms with Crippen LogP contribution in [0.3, 0.4) is 0 Å². The predicted octanol–water partition coefficient (Wildman–Crippen LogP) is 2.02. The molecule has 1 atom stereocenters. The first-order valence-corrected chi connectivity index (χ1v) is 6.95. The number of hydrogen-bond acceptors (Lipinski definition) is 3. The Hall–Kier alpha value is -2.30. The van der Waals surface area contributed by atoms with Gasteiger partial charge in [-0.1, -0.05) is 32.0 Å².